The molecule has 7 heteroatoms. The number of hydrogen-bond donors (Lipinski definition) is 3. The first-order valence-electron chi connectivity index (χ1n) is 8.74. The number of Topliss-reactive ketones (excluding diaryl/α,β-unsaturated/α-hetero) is 1. The number of fused-ring (bicyclic) bond motifs is 1. The second-order valence-corrected chi connectivity index (χ2v) is 7.01. The summed E-state index contributed by atoms with van der Waals surface area (Å²) in [5, 5.41) is 12.9. The Morgan fingerprint density at radius 3 is 2.57 bits per heavy atom. The summed E-state index contributed by atoms with van der Waals surface area (Å²) < 4.78 is 0. The van der Waals surface area contributed by atoms with Gasteiger partial charge in [0.25, 0.3) is 5.91 Å². The number of carbonyl (C=O) groups excluding carboxylic acids is 2. The van der Waals surface area contributed by atoms with Crippen molar-refractivity contribution in [1.29, 1.82) is 0 Å². The number of ketones is 1. The predicted molar refractivity (Wildman–Crippen MR) is 108 cm³/mol. The van der Waals surface area contributed by atoms with Gasteiger partial charge in [-0.15, -0.1) is 0 Å². The SMILES string of the molecule is CC(O)CC(=O)c1ccc2[nH]cc(C(=O)NCc3ccc(Cl)cc3)c(=O)c2c1. The number of aromatic nitrogens is 1. The molecule has 0 saturated carbocycles. The maximum atomic E-state index is 12.8. The van der Waals surface area contributed by atoms with Gasteiger partial charge in [-0.2, -0.15) is 0 Å². The Hall–Kier alpha value is -2.96. The Labute approximate surface area is 166 Å². The molecule has 1 unspecified atom stereocenters. The summed E-state index contributed by atoms with van der Waals surface area (Å²) in [7, 11) is 0. The van der Waals surface area contributed by atoms with E-state index in [1.807, 2.05) is 0 Å². The molecule has 2 aromatic carbocycles. The second-order valence-electron chi connectivity index (χ2n) is 6.58. The summed E-state index contributed by atoms with van der Waals surface area (Å²) >= 11 is 5.84. The Kier molecular flexibility index (Phi) is 5.92. The van der Waals surface area contributed by atoms with Crippen LogP contribution in [-0.4, -0.2) is 27.9 Å². The largest absolute Gasteiger partial charge is 0.393 e. The number of halogens is 1. The molecule has 3 aromatic rings. The van der Waals surface area contributed by atoms with E-state index in [4.69, 9.17) is 11.6 Å². The molecule has 0 aliphatic carbocycles. The molecule has 0 bridgehead atoms. The summed E-state index contributed by atoms with van der Waals surface area (Å²) in [5.41, 5.74) is 1.18. The summed E-state index contributed by atoms with van der Waals surface area (Å²) in [6, 6.07) is 11.7. The average molecular weight is 399 g/mol. The van der Waals surface area contributed by atoms with Gasteiger partial charge in [0.1, 0.15) is 5.56 Å². The predicted octanol–water partition coefficient (Wildman–Crippen LogP) is 3.07. The number of aliphatic hydroxyl groups excluding tert-OH is 1. The average Bonchev–Trinajstić information content (AvgIpc) is 2.67. The van der Waals surface area contributed by atoms with E-state index < -0.39 is 17.4 Å². The van der Waals surface area contributed by atoms with Crippen LogP contribution in [0.25, 0.3) is 10.9 Å². The van der Waals surface area contributed by atoms with Crippen molar-refractivity contribution in [3.63, 3.8) is 0 Å². The van der Waals surface area contributed by atoms with Gasteiger partial charge in [0, 0.05) is 40.7 Å². The molecular weight excluding hydrogens is 380 g/mol. The van der Waals surface area contributed by atoms with Crippen molar-refractivity contribution in [3.05, 3.63) is 80.6 Å². The molecular formula is C21H19ClN2O4. The molecule has 3 rings (SSSR count). The molecule has 0 fully saturated rings. The number of pyridine rings is 1. The number of hydrogen-bond acceptors (Lipinski definition) is 4. The van der Waals surface area contributed by atoms with Crippen LogP contribution in [0.3, 0.4) is 0 Å². The van der Waals surface area contributed by atoms with Gasteiger partial charge in [0.2, 0.25) is 5.43 Å². The van der Waals surface area contributed by atoms with E-state index in [1.54, 1.807) is 36.4 Å². The molecule has 1 amide bonds. The van der Waals surface area contributed by atoms with E-state index >= 15 is 0 Å². The van der Waals surface area contributed by atoms with E-state index in [2.05, 4.69) is 10.3 Å². The third kappa shape index (κ3) is 4.47. The lowest BCUT2D eigenvalue weighted by molar-refractivity contribution is 0.0900. The number of aliphatic hydroxyl groups is 1. The Balaban J connectivity index is 1.85. The highest BCUT2D eigenvalue weighted by Gasteiger charge is 2.15. The third-order valence-electron chi connectivity index (χ3n) is 4.29. The monoisotopic (exact) mass is 398 g/mol. The van der Waals surface area contributed by atoms with Gasteiger partial charge < -0.3 is 15.4 Å². The molecule has 3 N–H and O–H groups in total. The smallest absolute Gasteiger partial charge is 0.257 e. The van der Waals surface area contributed by atoms with E-state index in [0.29, 0.717) is 16.1 Å². The highest BCUT2D eigenvalue weighted by Crippen LogP contribution is 2.14. The first-order valence-corrected chi connectivity index (χ1v) is 9.12. The number of carbonyl (C=O) groups is 2. The standard InChI is InChI=1S/C21H19ClN2O4/c1-12(25)8-19(26)14-4-7-18-16(9-14)20(27)17(11-23-18)21(28)24-10-13-2-5-15(22)6-3-13/h2-7,9,11-12,25H,8,10H2,1H3,(H,23,27)(H,24,28). The fourth-order valence-corrected chi connectivity index (χ4v) is 2.95. The van der Waals surface area contributed by atoms with Gasteiger partial charge in [0.05, 0.1) is 6.10 Å². The first-order chi connectivity index (χ1) is 13.3. The van der Waals surface area contributed by atoms with Crippen molar-refractivity contribution >= 4 is 34.2 Å². The topological polar surface area (TPSA) is 99.3 Å². The maximum Gasteiger partial charge on any atom is 0.257 e. The fraction of sp³-hybridized carbons (Fsp3) is 0.190. The van der Waals surface area contributed by atoms with Crippen molar-refractivity contribution in [2.75, 3.05) is 0 Å². The number of amides is 1. The van der Waals surface area contributed by atoms with E-state index in [-0.39, 0.29) is 29.7 Å². The molecule has 0 spiro atoms. The molecule has 1 heterocycles. The molecule has 0 radical (unpaired) electrons. The first kappa shape index (κ1) is 19.8. The van der Waals surface area contributed by atoms with Crippen LogP contribution in [0.1, 0.15) is 39.6 Å². The zero-order valence-corrected chi connectivity index (χ0v) is 15.9. The number of benzene rings is 2. The molecule has 0 saturated heterocycles. The van der Waals surface area contributed by atoms with Crippen molar-refractivity contribution in [2.24, 2.45) is 0 Å². The van der Waals surface area contributed by atoms with Gasteiger partial charge in [0.15, 0.2) is 5.78 Å². The van der Waals surface area contributed by atoms with Crippen LogP contribution in [0.15, 0.2) is 53.5 Å². The number of rotatable bonds is 6. The number of nitrogens with one attached hydrogen (secondary N) is 2. The van der Waals surface area contributed by atoms with Crippen LogP contribution in [0.2, 0.25) is 5.02 Å². The summed E-state index contributed by atoms with van der Waals surface area (Å²) in [6.45, 7) is 1.77. The van der Waals surface area contributed by atoms with Gasteiger partial charge in [-0.05, 0) is 42.8 Å². The minimum atomic E-state index is -0.772. The van der Waals surface area contributed by atoms with Crippen molar-refractivity contribution < 1.29 is 14.7 Å². The fourth-order valence-electron chi connectivity index (χ4n) is 2.83. The zero-order valence-electron chi connectivity index (χ0n) is 15.2. The molecule has 1 atom stereocenters. The maximum absolute atomic E-state index is 12.8. The van der Waals surface area contributed by atoms with Crippen LogP contribution in [-0.2, 0) is 6.54 Å². The summed E-state index contributed by atoms with van der Waals surface area (Å²) in [4.78, 5) is 40.3. The Morgan fingerprint density at radius 2 is 1.89 bits per heavy atom. The lowest BCUT2D eigenvalue weighted by Crippen LogP contribution is -2.28. The van der Waals surface area contributed by atoms with Crippen LogP contribution < -0.4 is 10.7 Å². The second kappa shape index (κ2) is 8.37. The van der Waals surface area contributed by atoms with Gasteiger partial charge in [-0.3, -0.25) is 14.4 Å². The van der Waals surface area contributed by atoms with Crippen LogP contribution in [0.5, 0.6) is 0 Å². The molecule has 28 heavy (non-hydrogen) atoms. The summed E-state index contributed by atoms with van der Waals surface area (Å²) in [5.74, 6) is -0.785. The van der Waals surface area contributed by atoms with E-state index in [1.165, 1.54) is 19.2 Å². The van der Waals surface area contributed by atoms with E-state index in [9.17, 15) is 19.5 Å². The zero-order chi connectivity index (χ0) is 20.3. The van der Waals surface area contributed by atoms with Crippen LogP contribution in [0, 0.1) is 0 Å². The highest BCUT2D eigenvalue weighted by atomic mass is 35.5. The normalized spacial score (nSPS) is 12.0. The lowest BCUT2D eigenvalue weighted by Gasteiger charge is -2.08. The summed E-state index contributed by atoms with van der Waals surface area (Å²) in [6.07, 6.45) is 0.551. The van der Waals surface area contributed by atoms with Crippen molar-refractivity contribution in [2.45, 2.75) is 26.0 Å². The number of H-pyrrole nitrogens is 1. The molecule has 1 aromatic heterocycles. The minimum Gasteiger partial charge on any atom is -0.393 e. The van der Waals surface area contributed by atoms with Crippen LogP contribution in [0.4, 0.5) is 0 Å². The van der Waals surface area contributed by atoms with Gasteiger partial charge >= 0.3 is 0 Å². The van der Waals surface area contributed by atoms with Gasteiger partial charge in [-0.1, -0.05) is 23.7 Å². The van der Waals surface area contributed by atoms with Gasteiger partial charge in [-0.25, -0.2) is 0 Å². The third-order valence-corrected chi connectivity index (χ3v) is 4.55. The van der Waals surface area contributed by atoms with Crippen LogP contribution >= 0.6 is 11.6 Å². The van der Waals surface area contributed by atoms with Crippen molar-refractivity contribution in [1.82, 2.24) is 10.3 Å². The van der Waals surface area contributed by atoms with E-state index in [0.717, 1.165) is 5.56 Å². The highest BCUT2D eigenvalue weighted by molar-refractivity contribution is 6.30. The Bertz CT molecular complexity index is 1090. The molecule has 0 aliphatic rings. The molecule has 6 nitrogen and oxygen atoms in total. The minimum absolute atomic E-state index is 0.0370. The lowest BCUT2D eigenvalue weighted by atomic mass is 10.0. The Morgan fingerprint density at radius 1 is 1.18 bits per heavy atom. The number of aromatic amines is 1. The molecule has 144 valence electrons. The van der Waals surface area contributed by atoms with Crippen molar-refractivity contribution in [3.8, 4) is 0 Å². The quantitative estimate of drug-likeness (QED) is 0.555. The molecule has 0 aliphatic heterocycles.